The van der Waals surface area contributed by atoms with Gasteiger partial charge in [0, 0.05) is 88.0 Å². The van der Waals surface area contributed by atoms with E-state index in [4.69, 9.17) is 39.9 Å². The average molecular weight is 1580 g/mol. The number of pyridine rings is 4. The van der Waals surface area contributed by atoms with E-state index < -0.39 is 0 Å². The van der Waals surface area contributed by atoms with Crippen molar-refractivity contribution in [3.63, 3.8) is 0 Å². The SMILES string of the molecule is c1ccc(-c2ccc(-c3cc(-c4c5ccccc5c(-c5ccc6ccc7c(-c8ccccc8)c8ccccc8nc7c6n5)c5ccccc45)nc(-c4ccccc4)n3)cc2)cc1.c1ccc(-c2ccc(-c3cc(-c4ccc5cc6cc(-c7ccc8ccc9c(-c%10ccccc%10)c%10ccccc%10nc9c8n7)ccc6cc5c4)nc(-c4ccccc4)n3)cc2)cc1. The van der Waals surface area contributed by atoms with Gasteiger partial charge in [-0.05, 0) is 137 Å². The van der Waals surface area contributed by atoms with Crippen LogP contribution < -0.4 is 0 Å². The molecule has 0 bridgehead atoms. The topological polar surface area (TPSA) is 103 Å². The van der Waals surface area contributed by atoms with E-state index in [9.17, 15) is 0 Å². The maximum Gasteiger partial charge on any atom is 0.160 e. The van der Waals surface area contributed by atoms with Gasteiger partial charge in [0.05, 0.1) is 67.3 Å². The van der Waals surface area contributed by atoms with Gasteiger partial charge < -0.3 is 0 Å². The molecule has 6 aromatic heterocycles. The number of aromatic nitrogens is 8. The molecule has 24 rings (SSSR count). The molecule has 0 N–H and O–H groups in total. The molecule has 18 aromatic carbocycles. The Morgan fingerprint density at radius 2 is 0.411 bits per heavy atom. The number of para-hydroxylation sites is 2. The van der Waals surface area contributed by atoms with Crippen LogP contribution in [0.5, 0.6) is 0 Å². The van der Waals surface area contributed by atoms with Gasteiger partial charge in [-0.15, -0.1) is 0 Å². The molecule has 0 radical (unpaired) electrons. The fourth-order valence-electron chi connectivity index (χ4n) is 18.0. The Morgan fingerprint density at radius 1 is 0.121 bits per heavy atom. The van der Waals surface area contributed by atoms with Gasteiger partial charge in [0.15, 0.2) is 11.6 Å². The van der Waals surface area contributed by atoms with Gasteiger partial charge in [0.2, 0.25) is 0 Å². The van der Waals surface area contributed by atoms with Crippen LogP contribution in [0.15, 0.2) is 437 Å². The molecule has 0 fully saturated rings. The summed E-state index contributed by atoms with van der Waals surface area (Å²) in [5, 5.41) is 15.6. The van der Waals surface area contributed by atoms with Crippen LogP contribution in [0.3, 0.4) is 0 Å². The molecule has 0 aliphatic carbocycles. The summed E-state index contributed by atoms with van der Waals surface area (Å²) in [7, 11) is 0. The van der Waals surface area contributed by atoms with Crippen molar-refractivity contribution < 1.29 is 0 Å². The number of benzene rings is 18. The highest BCUT2D eigenvalue weighted by Gasteiger charge is 2.24. The molecule has 8 nitrogen and oxygen atoms in total. The summed E-state index contributed by atoms with van der Waals surface area (Å²) < 4.78 is 0. The maximum absolute atomic E-state index is 5.57. The van der Waals surface area contributed by atoms with Crippen molar-refractivity contribution in [3.8, 4) is 135 Å². The smallest absolute Gasteiger partial charge is 0.160 e. The van der Waals surface area contributed by atoms with E-state index >= 15 is 0 Å². The van der Waals surface area contributed by atoms with Crippen LogP contribution in [-0.2, 0) is 0 Å². The molecule has 24 aromatic rings. The van der Waals surface area contributed by atoms with Crippen LogP contribution in [-0.4, -0.2) is 39.9 Å². The highest BCUT2D eigenvalue weighted by atomic mass is 14.9. The number of fused-ring (bicyclic) bond motifs is 12. The van der Waals surface area contributed by atoms with E-state index in [1.807, 2.05) is 48.5 Å². The number of hydrogen-bond acceptors (Lipinski definition) is 8. The monoisotopic (exact) mass is 1580 g/mol. The molecule has 0 unspecified atom stereocenters. The second-order valence-corrected chi connectivity index (χ2v) is 31.6. The third kappa shape index (κ3) is 13.3. The van der Waals surface area contributed by atoms with Crippen LogP contribution >= 0.6 is 0 Å². The number of nitrogens with zero attached hydrogens (tertiary/aromatic N) is 8. The molecular formula is C116H72N8. The normalized spacial score (nSPS) is 11.5. The van der Waals surface area contributed by atoms with Gasteiger partial charge in [-0.3, -0.25) is 0 Å². The highest BCUT2D eigenvalue weighted by Crippen LogP contribution is 2.47. The van der Waals surface area contributed by atoms with E-state index in [2.05, 4.69) is 388 Å². The summed E-state index contributed by atoms with van der Waals surface area (Å²) >= 11 is 0. The minimum atomic E-state index is 0.681. The van der Waals surface area contributed by atoms with Gasteiger partial charge in [-0.25, -0.2) is 39.9 Å². The molecule has 0 amide bonds. The standard InChI is InChI=1S/2C58H36N4/c1-4-16-37(17-5-1)38-28-30-39(31-29-38)51-36-52(62-58(61-51)42-20-8-3-9-21-42)55-45-24-12-10-22-43(45)54(44-23-11-13-25-46(44)55)50-35-33-41-32-34-48-53(40-18-6-2-7-19-40)47-26-14-15-27-49(47)59-57(48)56(41)60-50;1-4-12-37(13-5-1)38-20-22-39(23-21-38)53-36-54(62-58(61-53)42-16-8-3-9-17-42)46-27-25-44-32-47-34-45(26-24-43(47)33-48(44)35-46)51-31-29-41-28-30-50-55(40-14-6-2-7-15-40)49-18-10-11-19-52(49)60-57(50)56(41)59-51/h2*1-36H. The molecular weight excluding hydrogens is 1510 g/mol. The molecule has 0 aliphatic heterocycles. The summed E-state index contributed by atoms with van der Waals surface area (Å²) in [6, 6.07) is 154. The fourth-order valence-corrected chi connectivity index (χ4v) is 18.0. The summed E-state index contributed by atoms with van der Waals surface area (Å²) in [4.78, 5) is 42.2. The highest BCUT2D eigenvalue weighted by molar-refractivity contribution is 6.23. The summed E-state index contributed by atoms with van der Waals surface area (Å²) in [5.74, 6) is 1.38. The Kier molecular flexibility index (Phi) is 18.1. The van der Waals surface area contributed by atoms with Crippen LogP contribution in [0.4, 0.5) is 0 Å². The second-order valence-electron chi connectivity index (χ2n) is 31.6. The lowest BCUT2D eigenvalue weighted by Gasteiger charge is -2.18. The van der Waals surface area contributed by atoms with E-state index in [1.165, 1.54) is 33.4 Å². The third-order valence-electron chi connectivity index (χ3n) is 24.1. The van der Waals surface area contributed by atoms with Crippen molar-refractivity contribution in [3.05, 3.63) is 437 Å². The van der Waals surface area contributed by atoms with Crippen molar-refractivity contribution in [1.29, 1.82) is 0 Å². The number of rotatable bonds is 12. The summed E-state index contributed by atoms with van der Waals surface area (Å²) in [6.45, 7) is 0. The molecule has 0 atom stereocenters. The maximum atomic E-state index is 5.57. The largest absolute Gasteiger partial charge is 0.245 e. The van der Waals surface area contributed by atoms with Crippen molar-refractivity contribution in [2.75, 3.05) is 0 Å². The third-order valence-corrected chi connectivity index (χ3v) is 24.1. The summed E-state index contributed by atoms with van der Waals surface area (Å²) in [5.41, 5.74) is 28.5. The first kappa shape index (κ1) is 72.5. The van der Waals surface area contributed by atoms with Crippen molar-refractivity contribution >= 4 is 109 Å². The minimum Gasteiger partial charge on any atom is -0.245 e. The first-order valence-corrected chi connectivity index (χ1v) is 41.9. The zero-order valence-corrected chi connectivity index (χ0v) is 67.1. The number of hydrogen-bond donors (Lipinski definition) is 0. The Labute approximate surface area is 715 Å². The summed E-state index contributed by atoms with van der Waals surface area (Å²) in [6.07, 6.45) is 0. The van der Waals surface area contributed by atoms with E-state index in [1.54, 1.807) is 0 Å². The lowest BCUT2D eigenvalue weighted by molar-refractivity contribution is 1.18. The molecule has 0 saturated heterocycles. The van der Waals surface area contributed by atoms with E-state index in [0.717, 1.165) is 198 Å². The molecule has 576 valence electrons. The Balaban J connectivity index is 0.000000143. The van der Waals surface area contributed by atoms with Gasteiger partial charge in [-0.1, -0.05) is 376 Å². The Bertz CT molecular complexity index is 8250. The zero-order valence-electron chi connectivity index (χ0n) is 67.1. The Hall–Kier alpha value is -16.7. The van der Waals surface area contributed by atoms with Crippen LogP contribution in [0.1, 0.15) is 0 Å². The average Bonchev–Trinajstić information content (AvgIpc) is 0.725. The van der Waals surface area contributed by atoms with Gasteiger partial charge in [0.25, 0.3) is 0 Å². The van der Waals surface area contributed by atoms with Crippen molar-refractivity contribution in [2.45, 2.75) is 0 Å². The van der Waals surface area contributed by atoms with Crippen molar-refractivity contribution in [2.24, 2.45) is 0 Å². The molecule has 0 spiro atoms. The predicted octanol–water partition coefficient (Wildman–Crippen LogP) is 30.1. The second kappa shape index (κ2) is 30.9. The molecule has 0 aliphatic rings. The lowest BCUT2D eigenvalue weighted by Crippen LogP contribution is -1.98. The lowest BCUT2D eigenvalue weighted by atomic mass is 9.88. The molecule has 6 heterocycles. The fraction of sp³-hybridized carbons (Fsp3) is 0. The molecule has 8 heteroatoms. The quantitative estimate of drug-likeness (QED) is 0.0880. The van der Waals surface area contributed by atoms with Crippen molar-refractivity contribution in [1.82, 2.24) is 39.9 Å². The first-order valence-electron chi connectivity index (χ1n) is 41.9. The first-order chi connectivity index (χ1) is 61.4. The van der Waals surface area contributed by atoms with Crippen LogP contribution in [0.2, 0.25) is 0 Å². The van der Waals surface area contributed by atoms with Crippen LogP contribution in [0.25, 0.3) is 243 Å². The Morgan fingerprint density at radius 3 is 0.839 bits per heavy atom. The van der Waals surface area contributed by atoms with Gasteiger partial charge in [-0.2, -0.15) is 0 Å². The van der Waals surface area contributed by atoms with E-state index in [-0.39, 0.29) is 0 Å². The molecule has 0 saturated carbocycles. The predicted molar refractivity (Wildman–Crippen MR) is 516 cm³/mol. The van der Waals surface area contributed by atoms with Gasteiger partial charge in [0.1, 0.15) is 0 Å². The van der Waals surface area contributed by atoms with Gasteiger partial charge >= 0.3 is 0 Å². The van der Waals surface area contributed by atoms with E-state index in [0.29, 0.717) is 11.6 Å². The zero-order chi connectivity index (χ0) is 82.0. The molecule has 124 heavy (non-hydrogen) atoms. The van der Waals surface area contributed by atoms with Crippen LogP contribution in [0, 0.1) is 0 Å². The minimum absolute atomic E-state index is 0.681.